The van der Waals surface area contributed by atoms with Crippen molar-refractivity contribution in [1.82, 2.24) is 4.57 Å². The molecule has 2 heteroatoms. The third-order valence-electron chi connectivity index (χ3n) is 9.87. The van der Waals surface area contributed by atoms with Crippen LogP contribution in [-0.4, -0.2) is 10.6 Å². The van der Waals surface area contributed by atoms with Crippen molar-refractivity contribution in [2.45, 2.75) is 45.6 Å². The first-order chi connectivity index (χ1) is 25.7. The van der Waals surface area contributed by atoms with E-state index in [0.29, 0.717) is 0 Å². The molecular formula is C51H48N2. The quantitative estimate of drug-likeness (QED) is 0.134. The Balaban J connectivity index is 1.10. The van der Waals surface area contributed by atoms with Gasteiger partial charge in [0.15, 0.2) is 0 Å². The Hall–Kier alpha value is -6.12. The third kappa shape index (κ3) is 8.19. The second-order valence-corrected chi connectivity index (χ2v) is 14.8. The first-order valence-electron chi connectivity index (χ1n) is 18.6. The van der Waals surface area contributed by atoms with Crippen molar-refractivity contribution >= 4 is 38.6 Å². The first kappa shape index (κ1) is 35.3. The molecule has 1 atom stereocenters. The summed E-state index contributed by atoms with van der Waals surface area (Å²) in [5, 5.41) is 6.24. The van der Waals surface area contributed by atoms with E-state index in [1.165, 1.54) is 55.3 Å². The highest BCUT2D eigenvalue weighted by Crippen LogP contribution is 2.37. The van der Waals surface area contributed by atoms with Crippen LogP contribution in [0.4, 0.5) is 5.69 Å². The molecule has 0 saturated carbocycles. The number of hydrogen-bond donors (Lipinski definition) is 1. The average Bonchev–Trinajstić information content (AvgIpc) is 3.51. The Labute approximate surface area is 315 Å². The monoisotopic (exact) mass is 688 g/mol. The number of anilines is 1. The van der Waals surface area contributed by atoms with Crippen LogP contribution in [-0.2, 0) is 5.41 Å². The Morgan fingerprint density at radius 3 is 1.91 bits per heavy atom. The van der Waals surface area contributed by atoms with E-state index >= 15 is 0 Å². The van der Waals surface area contributed by atoms with Gasteiger partial charge < -0.3 is 9.88 Å². The number of fused-ring (bicyclic) bond motifs is 3. The van der Waals surface area contributed by atoms with Crippen LogP contribution >= 0.6 is 0 Å². The standard InChI is InChI=1S/C51H48N2/c1-37(39-18-9-6-10-19-39)17-15-16-22-41(40-20-11-7-12-21-40)26-25-38(2)52-45-31-27-42(28-32-45)43-29-33-49-47(35-43)48-36-44(51(3,4)5)30-34-50(48)53(49)46-23-13-8-14-24-46/h6-15,17-36,38,52H,1,16H2,2-5H3/b17-15-,26-25-,41-22+. The molecule has 53 heavy (non-hydrogen) atoms. The zero-order chi connectivity index (χ0) is 36.8. The second-order valence-electron chi connectivity index (χ2n) is 14.8. The molecule has 1 heterocycles. The average molecular weight is 689 g/mol. The lowest BCUT2D eigenvalue weighted by Gasteiger charge is -2.19. The van der Waals surface area contributed by atoms with Crippen LogP contribution in [0, 0.1) is 0 Å². The Morgan fingerprint density at radius 1 is 0.660 bits per heavy atom. The molecule has 2 nitrogen and oxygen atoms in total. The smallest absolute Gasteiger partial charge is 0.0541 e. The Bertz CT molecular complexity index is 2420. The number of nitrogens with zero attached hydrogens (tertiary/aromatic N) is 1. The van der Waals surface area contributed by atoms with Crippen LogP contribution in [0.25, 0.3) is 49.8 Å². The van der Waals surface area contributed by atoms with Gasteiger partial charge in [-0.05, 0) is 106 Å². The summed E-state index contributed by atoms with van der Waals surface area (Å²) < 4.78 is 2.39. The molecule has 0 fully saturated rings. The molecule has 1 unspecified atom stereocenters. The summed E-state index contributed by atoms with van der Waals surface area (Å²) in [7, 11) is 0. The van der Waals surface area contributed by atoms with Gasteiger partial charge in [-0.2, -0.15) is 0 Å². The van der Waals surface area contributed by atoms with E-state index in [0.717, 1.165) is 23.2 Å². The largest absolute Gasteiger partial charge is 0.379 e. The van der Waals surface area contributed by atoms with Gasteiger partial charge in [-0.15, -0.1) is 0 Å². The molecule has 262 valence electrons. The second kappa shape index (κ2) is 15.6. The molecule has 0 aliphatic heterocycles. The number of benzene rings is 6. The predicted octanol–water partition coefficient (Wildman–Crippen LogP) is 13.8. The summed E-state index contributed by atoms with van der Waals surface area (Å²) in [4.78, 5) is 0. The van der Waals surface area contributed by atoms with Gasteiger partial charge in [-0.25, -0.2) is 0 Å². The van der Waals surface area contributed by atoms with Gasteiger partial charge in [0, 0.05) is 28.2 Å². The minimum absolute atomic E-state index is 0.0669. The first-order valence-corrected chi connectivity index (χ1v) is 18.6. The molecule has 1 N–H and O–H groups in total. The Morgan fingerprint density at radius 2 is 1.25 bits per heavy atom. The van der Waals surface area contributed by atoms with Crippen LogP contribution in [0.5, 0.6) is 0 Å². The topological polar surface area (TPSA) is 17.0 Å². The number of allylic oxidation sites excluding steroid dienone is 6. The number of para-hydroxylation sites is 1. The van der Waals surface area contributed by atoms with Gasteiger partial charge >= 0.3 is 0 Å². The van der Waals surface area contributed by atoms with Crippen molar-refractivity contribution in [1.29, 1.82) is 0 Å². The Kier molecular flexibility index (Phi) is 10.4. The van der Waals surface area contributed by atoms with Crippen LogP contribution in [0.15, 0.2) is 189 Å². The zero-order valence-electron chi connectivity index (χ0n) is 31.3. The van der Waals surface area contributed by atoms with Gasteiger partial charge in [0.05, 0.1) is 11.0 Å². The van der Waals surface area contributed by atoms with Gasteiger partial charge in [-0.1, -0.05) is 161 Å². The number of rotatable bonds is 11. The van der Waals surface area contributed by atoms with E-state index < -0.39 is 0 Å². The van der Waals surface area contributed by atoms with Crippen LogP contribution in [0.2, 0.25) is 0 Å². The van der Waals surface area contributed by atoms with E-state index in [9.17, 15) is 0 Å². The van der Waals surface area contributed by atoms with E-state index in [1.54, 1.807) is 0 Å². The molecular weight excluding hydrogens is 641 g/mol. The molecule has 0 saturated heterocycles. The van der Waals surface area contributed by atoms with Crippen molar-refractivity contribution in [3.8, 4) is 16.8 Å². The third-order valence-corrected chi connectivity index (χ3v) is 9.87. The summed E-state index contributed by atoms with van der Waals surface area (Å²) in [6.07, 6.45) is 11.8. The summed E-state index contributed by atoms with van der Waals surface area (Å²) in [6, 6.07) is 54.4. The lowest BCUT2D eigenvalue weighted by atomic mass is 9.86. The molecule has 0 aliphatic carbocycles. The molecule has 1 aromatic heterocycles. The fraction of sp³-hybridized carbons (Fsp3) is 0.137. The highest BCUT2D eigenvalue weighted by molar-refractivity contribution is 6.10. The summed E-state index contributed by atoms with van der Waals surface area (Å²) in [5.74, 6) is 0. The molecule has 0 aliphatic rings. The normalized spacial score (nSPS) is 12.9. The highest BCUT2D eigenvalue weighted by atomic mass is 15.0. The van der Waals surface area contributed by atoms with Crippen molar-refractivity contribution in [2.75, 3.05) is 5.32 Å². The highest BCUT2D eigenvalue weighted by Gasteiger charge is 2.18. The van der Waals surface area contributed by atoms with Gasteiger partial charge in [0.25, 0.3) is 0 Å². The molecule has 0 spiro atoms. The molecule has 0 bridgehead atoms. The van der Waals surface area contributed by atoms with E-state index in [4.69, 9.17) is 0 Å². The lowest BCUT2D eigenvalue weighted by Crippen LogP contribution is -2.11. The number of hydrogen-bond acceptors (Lipinski definition) is 1. The van der Waals surface area contributed by atoms with Crippen molar-refractivity contribution in [3.05, 3.63) is 205 Å². The summed E-state index contributed by atoms with van der Waals surface area (Å²) in [6.45, 7) is 13.3. The maximum absolute atomic E-state index is 4.24. The van der Waals surface area contributed by atoms with Crippen LogP contribution in [0.3, 0.4) is 0 Å². The fourth-order valence-corrected chi connectivity index (χ4v) is 6.91. The summed E-state index contributed by atoms with van der Waals surface area (Å²) in [5.41, 5.74) is 13.1. The lowest BCUT2D eigenvalue weighted by molar-refractivity contribution is 0.591. The van der Waals surface area contributed by atoms with Crippen LogP contribution < -0.4 is 5.32 Å². The molecule has 6 aromatic carbocycles. The van der Waals surface area contributed by atoms with E-state index in [1.807, 2.05) is 18.2 Å². The predicted molar refractivity (Wildman–Crippen MR) is 231 cm³/mol. The van der Waals surface area contributed by atoms with Crippen molar-refractivity contribution in [2.24, 2.45) is 0 Å². The number of aromatic nitrogens is 1. The minimum atomic E-state index is 0.0669. The number of nitrogens with one attached hydrogen (secondary N) is 1. The molecule has 7 aromatic rings. The molecule has 7 rings (SSSR count). The fourth-order valence-electron chi connectivity index (χ4n) is 6.91. The van der Waals surface area contributed by atoms with Gasteiger partial charge in [0.2, 0.25) is 0 Å². The van der Waals surface area contributed by atoms with Gasteiger partial charge in [0.1, 0.15) is 0 Å². The van der Waals surface area contributed by atoms with Crippen molar-refractivity contribution < 1.29 is 0 Å². The molecule has 0 amide bonds. The molecule has 0 radical (unpaired) electrons. The zero-order valence-corrected chi connectivity index (χ0v) is 31.3. The minimum Gasteiger partial charge on any atom is -0.379 e. The van der Waals surface area contributed by atoms with Crippen LogP contribution in [0.1, 0.15) is 50.8 Å². The maximum Gasteiger partial charge on any atom is 0.0541 e. The van der Waals surface area contributed by atoms with E-state index in [-0.39, 0.29) is 11.5 Å². The van der Waals surface area contributed by atoms with Gasteiger partial charge in [-0.3, -0.25) is 0 Å². The summed E-state index contributed by atoms with van der Waals surface area (Å²) >= 11 is 0. The maximum atomic E-state index is 4.24. The SMILES string of the molecule is C=C(/C=C\C/C=C(\C=C/C(C)Nc1ccc(-c2ccc3c(c2)c2cc(C(C)(C)C)ccc2n3-c2ccccc2)cc1)c1ccccc1)c1ccccc1. The van der Waals surface area contributed by atoms with Crippen molar-refractivity contribution in [3.63, 3.8) is 0 Å². The van der Waals surface area contributed by atoms with E-state index in [2.05, 4.69) is 208 Å².